The molecule has 0 radical (unpaired) electrons. The Labute approximate surface area is 150 Å². The van der Waals surface area contributed by atoms with Crippen molar-refractivity contribution in [1.29, 1.82) is 0 Å². The highest BCUT2D eigenvalue weighted by atomic mass is 32.1. The normalized spacial score (nSPS) is 19.7. The van der Waals surface area contributed by atoms with E-state index in [0.717, 1.165) is 49.0 Å². The molecular formula is C18H22N6S. The molecule has 4 heterocycles. The average molecular weight is 354 g/mol. The highest BCUT2D eigenvalue weighted by Crippen LogP contribution is 2.39. The van der Waals surface area contributed by atoms with E-state index in [9.17, 15) is 0 Å². The number of rotatable bonds is 4. The van der Waals surface area contributed by atoms with Crippen LogP contribution < -0.4 is 0 Å². The Kier molecular flexibility index (Phi) is 3.78. The van der Waals surface area contributed by atoms with Gasteiger partial charge in [0, 0.05) is 23.8 Å². The van der Waals surface area contributed by atoms with Gasteiger partial charge in [0.2, 0.25) is 0 Å². The molecule has 0 amide bonds. The zero-order valence-corrected chi connectivity index (χ0v) is 15.2. The number of aromatic nitrogens is 5. The lowest BCUT2D eigenvalue weighted by Crippen LogP contribution is -2.33. The van der Waals surface area contributed by atoms with Crippen LogP contribution in [0, 0.1) is 6.92 Å². The summed E-state index contributed by atoms with van der Waals surface area (Å²) in [4.78, 5) is 7.08. The van der Waals surface area contributed by atoms with Crippen LogP contribution in [0.2, 0.25) is 0 Å². The molecule has 7 heteroatoms. The number of fused-ring (bicyclic) bond motifs is 1. The molecule has 5 rings (SSSR count). The van der Waals surface area contributed by atoms with E-state index in [-0.39, 0.29) is 0 Å². The van der Waals surface area contributed by atoms with Crippen LogP contribution in [0.25, 0.3) is 5.65 Å². The molecule has 1 saturated carbocycles. The molecule has 1 aliphatic carbocycles. The number of likely N-dealkylation sites (tertiary alicyclic amines) is 1. The summed E-state index contributed by atoms with van der Waals surface area (Å²) in [5.74, 6) is 2.15. The highest BCUT2D eigenvalue weighted by Gasteiger charge is 2.28. The predicted octanol–water partition coefficient (Wildman–Crippen LogP) is 3.15. The minimum atomic E-state index is 0.449. The summed E-state index contributed by atoms with van der Waals surface area (Å²) in [6.45, 7) is 5.19. The van der Waals surface area contributed by atoms with Gasteiger partial charge in [0.1, 0.15) is 0 Å². The van der Waals surface area contributed by atoms with Gasteiger partial charge < -0.3 is 0 Å². The Balaban J connectivity index is 1.30. The quantitative estimate of drug-likeness (QED) is 0.720. The van der Waals surface area contributed by atoms with Gasteiger partial charge in [-0.2, -0.15) is 9.61 Å². The number of nitrogens with zero attached hydrogens (tertiary/aromatic N) is 6. The third-order valence-electron chi connectivity index (χ3n) is 5.31. The Hall–Kier alpha value is -1.86. The summed E-state index contributed by atoms with van der Waals surface area (Å²) in [5, 5.41) is 17.0. The second-order valence-electron chi connectivity index (χ2n) is 7.27. The predicted molar refractivity (Wildman–Crippen MR) is 96.9 cm³/mol. The Morgan fingerprint density at radius 3 is 2.64 bits per heavy atom. The zero-order chi connectivity index (χ0) is 16.8. The van der Waals surface area contributed by atoms with E-state index in [1.165, 1.54) is 24.2 Å². The van der Waals surface area contributed by atoms with Gasteiger partial charge in [0.15, 0.2) is 11.5 Å². The van der Waals surface area contributed by atoms with Crippen molar-refractivity contribution in [2.75, 3.05) is 13.1 Å². The van der Waals surface area contributed by atoms with Crippen molar-refractivity contribution >= 4 is 17.0 Å². The summed E-state index contributed by atoms with van der Waals surface area (Å²) in [6.07, 6.45) is 4.76. The molecule has 0 aromatic carbocycles. The molecule has 3 aromatic heterocycles. The van der Waals surface area contributed by atoms with Gasteiger partial charge in [-0.1, -0.05) is 0 Å². The van der Waals surface area contributed by atoms with Gasteiger partial charge in [-0.05, 0) is 57.8 Å². The Morgan fingerprint density at radius 2 is 1.92 bits per heavy atom. The van der Waals surface area contributed by atoms with E-state index < -0.39 is 0 Å². The van der Waals surface area contributed by atoms with Crippen LogP contribution in [0.3, 0.4) is 0 Å². The number of thiazole rings is 1. The summed E-state index contributed by atoms with van der Waals surface area (Å²) >= 11 is 1.73. The van der Waals surface area contributed by atoms with Crippen molar-refractivity contribution < 1.29 is 0 Å². The molecule has 130 valence electrons. The third-order valence-corrected chi connectivity index (χ3v) is 6.13. The first-order chi connectivity index (χ1) is 12.3. The van der Waals surface area contributed by atoms with Crippen molar-refractivity contribution in [2.24, 2.45) is 0 Å². The average Bonchev–Trinajstić information content (AvgIpc) is 3.28. The van der Waals surface area contributed by atoms with Crippen molar-refractivity contribution in [3.8, 4) is 0 Å². The lowest BCUT2D eigenvalue weighted by atomic mass is 9.96. The van der Waals surface area contributed by atoms with E-state index in [1.54, 1.807) is 11.3 Å². The maximum Gasteiger partial charge on any atom is 0.177 e. The van der Waals surface area contributed by atoms with E-state index in [1.807, 2.05) is 4.52 Å². The summed E-state index contributed by atoms with van der Waals surface area (Å²) in [7, 11) is 0. The van der Waals surface area contributed by atoms with Crippen LogP contribution in [-0.4, -0.2) is 42.8 Å². The smallest absolute Gasteiger partial charge is 0.177 e. The second-order valence-corrected chi connectivity index (χ2v) is 8.33. The fourth-order valence-electron chi connectivity index (χ4n) is 3.73. The number of hydrogen-bond acceptors (Lipinski definition) is 6. The topological polar surface area (TPSA) is 59.2 Å². The first kappa shape index (κ1) is 15.4. The maximum absolute atomic E-state index is 4.83. The molecule has 1 saturated heterocycles. The SMILES string of the molecule is Cc1nc(CN2CCC(c3nnc4ccc(C5CC5)nn34)CC2)cs1. The molecule has 2 aliphatic rings. The summed E-state index contributed by atoms with van der Waals surface area (Å²) in [6, 6.07) is 4.18. The maximum atomic E-state index is 4.83. The second kappa shape index (κ2) is 6.14. The molecule has 3 aromatic rings. The van der Waals surface area contributed by atoms with Crippen LogP contribution in [-0.2, 0) is 6.54 Å². The first-order valence-electron chi connectivity index (χ1n) is 9.12. The lowest BCUT2D eigenvalue weighted by molar-refractivity contribution is 0.199. The number of aryl methyl sites for hydroxylation is 1. The molecule has 25 heavy (non-hydrogen) atoms. The monoisotopic (exact) mass is 354 g/mol. The van der Waals surface area contributed by atoms with Crippen molar-refractivity contribution in [3.63, 3.8) is 0 Å². The van der Waals surface area contributed by atoms with Gasteiger partial charge >= 0.3 is 0 Å². The van der Waals surface area contributed by atoms with E-state index in [2.05, 4.69) is 44.5 Å². The van der Waals surface area contributed by atoms with Crippen molar-refractivity contribution in [1.82, 2.24) is 29.7 Å². The lowest BCUT2D eigenvalue weighted by Gasteiger charge is -2.30. The van der Waals surface area contributed by atoms with Gasteiger partial charge in [-0.3, -0.25) is 4.90 Å². The third kappa shape index (κ3) is 3.06. The Morgan fingerprint density at radius 1 is 1.08 bits per heavy atom. The number of piperidine rings is 1. The molecule has 0 bridgehead atoms. The molecule has 0 unspecified atom stereocenters. The van der Waals surface area contributed by atoms with Gasteiger partial charge in [0.25, 0.3) is 0 Å². The van der Waals surface area contributed by atoms with Crippen molar-refractivity contribution in [3.05, 3.63) is 39.7 Å². The molecule has 2 fully saturated rings. The van der Waals surface area contributed by atoms with Crippen LogP contribution in [0.1, 0.15) is 59.7 Å². The largest absolute Gasteiger partial charge is 0.297 e. The summed E-state index contributed by atoms with van der Waals surface area (Å²) in [5.41, 5.74) is 3.27. The molecule has 0 atom stereocenters. The van der Waals surface area contributed by atoms with Crippen molar-refractivity contribution in [2.45, 2.75) is 51.0 Å². The van der Waals surface area contributed by atoms with Gasteiger partial charge in [-0.15, -0.1) is 21.5 Å². The summed E-state index contributed by atoms with van der Waals surface area (Å²) < 4.78 is 2.00. The molecule has 6 nitrogen and oxygen atoms in total. The van der Waals surface area contributed by atoms with E-state index >= 15 is 0 Å². The fourth-order valence-corrected chi connectivity index (χ4v) is 4.33. The molecule has 0 N–H and O–H groups in total. The van der Waals surface area contributed by atoms with Crippen LogP contribution in [0.5, 0.6) is 0 Å². The standard InChI is InChI=1S/C18H22N6S/c1-12-19-15(11-25-12)10-23-8-6-14(7-9-23)18-21-20-17-5-4-16(13-2-3-13)22-24(17)18/h4-5,11,13-14H,2-3,6-10H2,1H3. The minimum absolute atomic E-state index is 0.449. The molecule has 0 spiro atoms. The number of hydrogen-bond donors (Lipinski definition) is 0. The highest BCUT2D eigenvalue weighted by molar-refractivity contribution is 7.09. The van der Waals surface area contributed by atoms with Crippen LogP contribution >= 0.6 is 11.3 Å². The van der Waals surface area contributed by atoms with Gasteiger partial charge in [-0.25, -0.2) is 4.98 Å². The zero-order valence-electron chi connectivity index (χ0n) is 14.4. The molecular weight excluding hydrogens is 332 g/mol. The molecule has 1 aliphatic heterocycles. The van der Waals surface area contributed by atoms with Crippen LogP contribution in [0.15, 0.2) is 17.5 Å². The van der Waals surface area contributed by atoms with E-state index in [4.69, 9.17) is 5.10 Å². The fraction of sp³-hybridized carbons (Fsp3) is 0.556. The van der Waals surface area contributed by atoms with Gasteiger partial charge in [0.05, 0.1) is 16.4 Å². The minimum Gasteiger partial charge on any atom is -0.297 e. The first-order valence-corrected chi connectivity index (χ1v) is 10.00. The van der Waals surface area contributed by atoms with Crippen LogP contribution in [0.4, 0.5) is 0 Å². The van der Waals surface area contributed by atoms with E-state index in [0.29, 0.717) is 11.8 Å². The Bertz CT molecular complexity index is 888.